The molecule has 1 aliphatic rings. The van der Waals surface area contributed by atoms with Crippen LogP contribution in [0.5, 0.6) is 0 Å². The van der Waals surface area contributed by atoms with Gasteiger partial charge < -0.3 is 15.7 Å². The van der Waals surface area contributed by atoms with Crippen molar-refractivity contribution >= 4 is 11.6 Å². The van der Waals surface area contributed by atoms with Gasteiger partial charge in [0.2, 0.25) is 5.91 Å². The third-order valence-corrected chi connectivity index (χ3v) is 3.65. The van der Waals surface area contributed by atoms with E-state index >= 15 is 0 Å². The summed E-state index contributed by atoms with van der Waals surface area (Å²) in [4.78, 5) is 13.1. The van der Waals surface area contributed by atoms with Crippen LogP contribution < -0.4 is 5.73 Å². The van der Waals surface area contributed by atoms with Gasteiger partial charge in [-0.2, -0.15) is 13.2 Å². The number of halogens is 3. The molecule has 1 aliphatic carbocycles. The smallest absolute Gasteiger partial charge is 0.399 e. The van der Waals surface area contributed by atoms with Crippen LogP contribution in [0.25, 0.3) is 0 Å². The number of alkyl halides is 3. The quantitative estimate of drug-likeness (QED) is 0.813. The zero-order chi connectivity index (χ0) is 15.7. The number of carbonyl (C=O) groups is 1. The minimum atomic E-state index is -4.48. The van der Waals surface area contributed by atoms with E-state index in [9.17, 15) is 18.0 Å². The monoisotopic (exact) mass is 302 g/mol. The summed E-state index contributed by atoms with van der Waals surface area (Å²) in [7, 11) is 0. The number of nitrogens with zero attached hydrogens (tertiary/aromatic N) is 1. The number of hydrogen-bond acceptors (Lipinski definition) is 3. The summed E-state index contributed by atoms with van der Waals surface area (Å²) in [5.41, 5.74) is 5.89. The number of aliphatic hydroxyl groups is 1. The number of aliphatic hydroxyl groups excluding tert-OH is 1. The lowest BCUT2D eigenvalue weighted by molar-refractivity contribution is -0.163. The van der Waals surface area contributed by atoms with Crippen LogP contribution in [0, 0.1) is 0 Å². The van der Waals surface area contributed by atoms with Crippen molar-refractivity contribution in [2.45, 2.75) is 24.4 Å². The molecular weight excluding hydrogens is 285 g/mol. The number of anilines is 1. The van der Waals surface area contributed by atoms with E-state index in [-0.39, 0.29) is 6.54 Å². The van der Waals surface area contributed by atoms with E-state index in [0.717, 1.165) is 0 Å². The maximum atomic E-state index is 12.6. The van der Waals surface area contributed by atoms with Gasteiger partial charge in [-0.15, -0.1) is 0 Å². The Balaban J connectivity index is 2.21. The van der Waals surface area contributed by atoms with E-state index in [1.807, 2.05) is 0 Å². The van der Waals surface area contributed by atoms with E-state index in [1.165, 1.54) is 0 Å². The maximum absolute atomic E-state index is 12.6. The average molecular weight is 302 g/mol. The molecule has 0 heterocycles. The fraction of sp³-hybridized carbons (Fsp3) is 0.500. The molecule has 0 spiro atoms. The Morgan fingerprint density at radius 1 is 1.29 bits per heavy atom. The summed E-state index contributed by atoms with van der Waals surface area (Å²) in [5, 5.41) is 8.90. The number of carbonyl (C=O) groups excluding carboxylic acids is 1. The predicted molar refractivity (Wildman–Crippen MR) is 71.5 cm³/mol. The summed E-state index contributed by atoms with van der Waals surface area (Å²) in [6.07, 6.45) is -3.47. The minimum absolute atomic E-state index is 0.324. The average Bonchev–Trinajstić information content (AvgIpc) is 3.18. The molecule has 7 heteroatoms. The number of benzene rings is 1. The van der Waals surface area contributed by atoms with Gasteiger partial charge in [0.1, 0.15) is 6.54 Å². The molecule has 1 saturated carbocycles. The molecule has 0 saturated heterocycles. The lowest BCUT2D eigenvalue weighted by atomic mass is 9.94. The lowest BCUT2D eigenvalue weighted by Crippen LogP contribution is -2.45. The molecule has 0 radical (unpaired) electrons. The van der Waals surface area contributed by atoms with E-state index < -0.39 is 30.7 Å². The largest absolute Gasteiger partial charge is 0.406 e. The number of nitrogens with two attached hydrogens (primary N) is 1. The van der Waals surface area contributed by atoms with Gasteiger partial charge in [-0.25, -0.2) is 0 Å². The Labute approximate surface area is 120 Å². The van der Waals surface area contributed by atoms with Crippen LogP contribution in [-0.4, -0.2) is 41.8 Å². The van der Waals surface area contributed by atoms with Crippen molar-refractivity contribution in [3.05, 3.63) is 29.8 Å². The van der Waals surface area contributed by atoms with Crippen molar-refractivity contribution in [3.63, 3.8) is 0 Å². The molecule has 1 aromatic rings. The molecule has 1 aromatic carbocycles. The molecule has 0 aliphatic heterocycles. The molecule has 3 N–H and O–H groups in total. The zero-order valence-electron chi connectivity index (χ0n) is 11.4. The van der Waals surface area contributed by atoms with Gasteiger partial charge >= 0.3 is 6.18 Å². The summed E-state index contributed by atoms with van der Waals surface area (Å²) >= 11 is 0. The van der Waals surface area contributed by atoms with Gasteiger partial charge in [-0.3, -0.25) is 4.79 Å². The van der Waals surface area contributed by atoms with Gasteiger partial charge in [0, 0.05) is 12.2 Å². The highest BCUT2D eigenvalue weighted by Crippen LogP contribution is 2.50. The van der Waals surface area contributed by atoms with Gasteiger partial charge in [-0.05, 0) is 30.5 Å². The van der Waals surface area contributed by atoms with Gasteiger partial charge in [0.25, 0.3) is 0 Å². The molecular formula is C14H17F3N2O2. The minimum Gasteiger partial charge on any atom is -0.399 e. The van der Waals surface area contributed by atoms with Crippen LogP contribution in [0.1, 0.15) is 18.4 Å². The highest BCUT2D eigenvalue weighted by molar-refractivity contribution is 5.91. The van der Waals surface area contributed by atoms with Crippen molar-refractivity contribution < 1.29 is 23.1 Å². The standard InChI is InChI=1S/C14H17F3N2O2/c15-14(16,17)9-19(7-8-20)12(21)13(5-6-13)10-1-3-11(18)4-2-10/h1-4,20H,5-9,18H2. The Morgan fingerprint density at radius 2 is 1.86 bits per heavy atom. The molecule has 0 aromatic heterocycles. The first-order chi connectivity index (χ1) is 9.78. The fourth-order valence-corrected chi connectivity index (χ4v) is 2.45. The summed E-state index contributed by atoms with van der Waals surface area (Å²) < 4.78 is 37.7. The molecule has 4 nitrogen and oxygen atoms in total. The van der Waals surface area contributed by atoms with E-state index in [1.54, 1.807) is 24.3 Å². The Hall–Kier alpha value is -1.76. The normalized spacial score (nSPS) is 16.6. The maximum Gasteiger partial charge on any atom is 0.406 e. The molecule has 0 bridgehead atoms. The number of nitrogen functional groups attached to an aromatic ring is 1. The molecule has 1 amide bonds. The Bertz CT molecular complexity index is 510. The number of rotatable bonds is 5. The SMILES string of the molecule is Nc1ccc(C2(C(=O)N(CCO)CC(F)(F)F)CC2)cc1. The second-order valence-corrected chi connectivity index (χ2v) is 5.27. The van der Waals surface area contributed by atoms with Crippen LogP contribution in [-0.2, 0) is 10.2 Å². The fourth-order valence-electron chi connectivity index (χ4n) is 2.45. The van der Waals surface area contributed by atoms with Crippen molar-refractivity contribution in [2.75, 3.05) is 25.4 Å². The third-order valence-electron chi connectivity index (χ3n) is 3.65. The number of hydrogen-bond donors (Lipinski definition) is 2. The van der Waals surface area contributed by atoms with Crippen molar-refractivity contribution in [1.29, 1.82) is 0 Å². The van der Waals surface area contributed by atoms with E-state index in [2.05, 4.69) is 0 Å². The van der Waals surface area contributed by atoms with Gasteiger partial charge in [0.15, 0.2) is 0 Å². The van der Waals surface area contributed by atoms with E-state index in [4.69, 9.17) is 10.8 Å². The van der Waals surface area contributed by atoms with Crippen LogP contribution in [0.2, 0.25) is 0 Å². The summed E-state index contributed by atoms with van der Waals surface area (Å²) in [5.74, 6) is -0.585. The Kier molecular flexibility index (Phi) is 4.13. The molecule has 0 unspecified atom stereocenters. The second kappa shape index (κ2) is 5.55. The first kappa shape index (κ1) is 15.6. The van der Waals surface area contributed by atoms with Crippen molar-refractivity contribution in [1.82, 2.24) is 4.90 Å². The van der Waals surface area contributed by atoms with Crippen LogP contribution in [0.15, 0.2) is 24.3 Å². The first-order valence-corrected chi connectivity index (χ1v) is 6.61. The van der Waals surface area contributed by atoms with E-state index in [0.29, 0.717) is 29.0 Å². The second-order valence-electron chi connectivity index (χ2n) is 5.27. The molecule has 1 fully saturated rings. The van der Waals surface area contributed by atoms with Crippen LogP contribution in [0.3, 0.4) is 0 Å². The Morgan fingerprint density at radius 3 is 2.29 bits per heavy atom. The van der Waals surface area contributed by atoms with Crippen LogP contribution in [0.4, 0.5) is 18.9 Å². The topological polar surface area (TPSA) is 66.6 Å². The third kappa shape index (κ3) is 3.47. The first-order valence-electron chi connectivity index (χ1n) is 6.61. The van der Waals surface area contributed by atoms with Crippen LogP contribution >= 0.6 is 0 Å². The lowest BCUT2D eigenvalue weighted by Gasteiger charge is -2.28. The summed E-state index contributed by atoms with van der Waals surface area (Å²) in [6.45, 7) is -2.17. The highest BCUT2D eigenvalue weighted by atomic mass is 19.4. The van der Waals surface area contributed by atoms with Crippen molar-refractivity contribution in [3.8, 4) is 0 Å². The number of amides is 1. The zero-order valence-corrected chi connectivity index (χ0v) is 11.4. The highest BCUT2D eigenvalue weighted by Gasteiger charge is 2.53. The summed E-state index contributed by atoms with van der Waals surface area (Å²) in [6, 6.07) is 6.60. The molecule has 2 rings (SSSR count). The predicted octanol–water partition coefficient (Wildman–Crippen LogP) is 1.68. The molecule has 21 heavy (non-hydrogen) atoms. The van der Waals surface area contributed by atoms with Gasteiger partial charge in [-0.1, -0.05) is 12.1 Å². The molecule has 116 valence electrons. The van der Waals surface area contributed by atoms with Gasteiger partial charge in [0.05, 0.1) is 12.0 Å². The molecule has 0 atom stereocenters. The van der Waals surface area contributed by atoms with Crippen molar-refractivity contribution in [2.24, 2.45) is 0 Å².